The molecule has 0 saturated carbocycles. The number of phenols is 1. The highest BCUT2D eigenvalue weighted by Gasteiger charge is 2.28. The number of aromatic nitrogens is 2. The number of fused-ring (bicyclic) bond motifs is 2. The van der Waals surface area contributed by atoms with Crippen molar-refractivity contribution >= 4 is 43.3 Å². The van der Waals surface area contributed by atoms with Crippen LogP contribution in [0.1, 0.15) is 18.9 Å². The minimum atomic E-state index is -3.85. The van der Waals surface area contributed by atoms with Crippen molar-refractivity contribution in [2.24, 2.45) is 0 Å². The number of hydrogen-bond donors (Lipinski definition) is 2. The van der Waals surface area contributed by atoms with Gasteiger partial charge in [-0.3, -0.25) is 14.1 Å². The Bertz CT molecular complexity index is 1670. The summed E-state index contributed by atoms with van der Waals surface area (Å²) in [7, 11) is -2.39. The van der Waals surface area contributed by atoms with E-state index in [1.807, 2.05) is 4.90 Å². The molecular formula is C28H32FN5O5S. The van der Waals surface area contributed by atoms with E-state index < -0.39 is 10.0 Å². The second-order valence-corrected chi connectivity index (χ2v) is 12.2. The first-order valence-corrected chi connectivity index (χ1v) is 14.7. The fraction of sp³-hybridized carbons (Fsp3) is 0.357. The number of rotatable bonds is 7. The van der Waals surface area contributed by atoms with Gasteiger partial charge in [-0.2, -0.15) is 0 Å². The highest BCUT2D eigenvalue weighted by molar-refractivity contribution is 7.92. The van der Waals surface area contributed by atoms with Crippen LogP contribution in [0.5, 0.6) is 11.6 Å². The Kier molecular flexibility index (Phi) is 7.56. The summed E-state index contributed by atoms with van der Waals surface area (Å²) in [5, 5.41) is 23.1. The van der Waals surface area contributed by atoms with E-state index in [-0.39, 0.29) is 46.6 Å². The molecule has 12 heteroatoms. The van der Waals surface area contributed by atoms with Crippen LogP contribution in [0.25, 0.3) is 21.7 Å². The molecule has 5 rings (SSSR count). The molecule has 2 N–H and O–H groups in total. The molecule has 212 valence electrons. The molecule has 1 aliphatic rings. The van der Waals surface area contributed by atoms with Crippen LogP contribution in [0.4, 0.5) is 10.1 Å². The van der Waals surface area contributed by atoms with E-state index in [2.05, 4.69) is 4.98 Å². The Balaban J connectivity index is 1.50. The van der Waals surface area contributed by atoms with Crippen LogP contribution in [0.15, 0.2) is 48.8 Å². The first-order chi connectivity index (χ1) is 19.1. The van der Waals surface area contributed by atoms with Crippen molar-refractivity contribution in [2.45, 2.75) is 19.9 Å². The summed E-state index contributed by atoms with van der Waals surface area (Å²) in [4.78, 5) is 19.8. The van der Waals surface area contributed by atoms with Crippen LogP contribution < -0.4 is 4.31 Å². The van der Waals surface area contributed by atoms with Gasteiger partial charge in [0.15, 0.2) is 5.75 Å². The number of carbonyl (C=O) groups excluding carboxylic acids is 1. The van der Waals surface area contributed by atoms with Crippen LogP contribution in [0.3, 0.4) is 0 Å². The summed E-state index contributed by atoms with van der Waals surface area (Å²) in [5.74, 6) is -1.03. The summed E-state index contributed by atoms with van der Waals surface area (Å²) >= 11 is 0. The van der Waals surface area contributed by atoms with E-state index in [1.165, 1.54) is 41.2 Å². The van der Waals surface area contributed by atoms with E-state index in [1.54, 1.807) is 35.4 Å². The minimum Gasteiger partial charge on any atom is -0.505 e. The molecular weight excluding hydrogens is 537 g/mol. The number of anilines is 1. The van der Waals surface area contributed by atoms with Crippen molar-refractivity contribution in [1.82, 2.24) is 19.4 Å². The van der Waals surface area contributed by atoms with Crippen LogP contribution in [0.2, 0.25) is 0 Å². The highest BCUT2D eigenvalue weighted by Crippen LogP contribution is 2.46. The third-order valence-electron chi connectivity index (χ3n) is 7.53. The fourth-order valence-corrected chi connectivity index (χ4v) is 6.52. The van der Waals surface area contributed by atoms with E-state index in [9.17, 15) is 27.8 Å². The van der Waals surface area contributed by atoms with E-state index in [0.29, 0.717) is 54.7 Å². The van der Waals surface area contributed by atoms with Gasteiger partial charge in [0.1, 0.15) is 11.3 Å². The van der Waals surface area contributed by atoms with Gasteiger partial charge < -0.3 is 24.6 Å². The number of pyridine rings is 1. The highest BCUT2D eigenvalue weighted by atomic mass is 32.2. The average molecular weight is 570 g/mol. The van der Waals surface area contributed by atoms with Crippen molar-refractivity contribution in [3.63, 3.8) is 0 Å². The minimum absolute atomic E-state index is 0.0145. The van der Waals surface area contributed by atoms with Crippen molar-refractivity contribution in [2.75, 3.05) is 49.8 Å². The van der Waals surface area contributed by atoms with Gasteiger partial charge in [-0.05, 0) is 42.8 Å². The van der Waals surface area contributed by atoms with Gasteiger partial charge in [-0.1, -0.05) is 12.1 Å². The molecule has 0 radical (unpaired) electrons. The number of aromatic hydroxyl groups is 2. The van der Waals surface area contributed by atoms with E-state index >= 15 is 0 Å². The molecule has 1 fully saturated rings. The zero-order chi connectivity index (χ0) is 28.6. The quantitative estimate of drug-likeness (QED) is 0.351. The summed E-state index contributed by atoms with van der Waals surface area (Å²) in [5.41, 5.74) is 1.17. The number of phenolic OH excluding ortho intramolecular Hbond substituents is 1. The zero-order valence-electron chi connectivity index (χ0n) is 22.4. The maximum atomic E-state index is 13.7. The third-order valence-corrected chi connectivity index (χ3v) is 9.24. The fourth-order valence-electron chi connectivity index (χ4n) is 5.28. The van der Waals surface area contributed by atoms with Gasteiger partial charge in [-0.25, -0.2) is 12.8 Å². The maximum absolute atomic E-state index is 13.7. The van der Waals surface area contributed by atoms with Crippen LogP contribution >= 0.6 is 0 Å². The largest absolute Gasteiger partial charge is 0.505 e. The first-order valence-electron chi connectivity index (χ1n) is 13.1. The summed E-state index contributed by atoms with van der Waals surface area (Å²) < 4.78 is 43.4. The Hall–Kier alpha value is -3.90. The van der Waals surface area contributed by atoms with Gasteiger partial charge in [-0.15, -0.1) is 0 Å². The number of hydrogen-bond acceptors (Lipinski definition) is 7. The average Bonchev–Trinajstić information content (AvgIpc) is 3.09. The Morgan fingerprint density at radius 1 is 1.07 bits per heavy atom. The lowest BCUT2D eigenvalue weighted by molar-refractivity contribution is -0.128. The van der Waals surface area contributed by atoms with Crippen molar-refractivity contribution < 1.29 is 27.8 Å². The molecule has 0 aliphatic carbocycles. The van der Waals surface area contributed by atoms with E-state index in [4.69, 9.17) is 0 Å². The van der Waals surface area contributed by atoms with Gasteiger partial charge in [0.25, 0.3) is 0 Å². The van der Waals surface area contributed by atoms with E-state index in [0.717, 1.165) is 6.42 Å². The lowest BCUT2D eigenvalue weighted by atomic mass is 10.1. The molecule has 1 amide bonds. The van der Waals surface area contributed by atoms with Gasteiger partial charge in [0.05, 0.1) is 23.4 Å². The second kappa shape index (κ2) is 10.9. The normalized spacial score (nSPS) is 15.0. The molecule has 0 spiro atoms. The van der Waals surface area contributed by atoms with Crippen molar-refractivity contribution in [3.05, 3.63) is 60.2 Å². The Labute approximate surface area is 231 Å². The number of carbonyl (C=O) groups is 1. The molecule has 1 aliphatic heterocycles. The molecule has 1 saturated heterocycles. The Morgan fingerprint density at radius 3 is 2.55 bits per heavy atom. The molecule has 10 nitrogen and oxygen atoms in total. The van der Waals surface area contributed by atoms with Crippen LogP contribution in [-0.4, -0.2) is 89.4 Å². The number of halogens is 1. The molecule has 0 bridgehead atoms. The SMILES string of the molecule is CC(=O)N1CCCN(CCS(=O)(=O)N(C)c2c3cccnc3c(O)c3c(O)n(Cc4ccc(F)cc4)cc23)CC1. The molecule has 0 atom stereocenters. The topological polar surface area (TPSA) is 119 Å². The van der Waals surface area contributed by atoms with Gasteiger partial charge in [0.2, 0.25) is 21.8 Å². The predicted molar refractivity (Wildman–Crippen MR) is 152 cm³/mol. The number of sulfonamides is 1. The first kappa shape index (κ1) is 27.7. The van der Waals surface area contributed by atoms with Gasteiger partial charge in [0, 0.05) is 63.3 Å². The molecule has 2 aromatic carbocycles. The van der Waals surface area contributed by atoms with Gasteiger partial charge >= 0.3 is 0 Å². The molecule has 40 heavy (non-hydrogen) atoms. The lowest BCUT2D eigenvalue weighted by Crippen LogP contribution is -2.38. The molecule has 2 aromatic heterocycles. The van der Waals surface area contributed by atoms with Crippen molar-refractivity contribution in [1.29, 1.82) is 0 Å². The third kappa shape index (κ3) is 5.28. The molecule has 0 unspecified atom stereocenters. The molecule has 4 aromatic rings. The monoisotopic (exact) mass is 569 g/mol. The second-order valence-electron chi connectivity index (χ2n) is 10.1. The standard InChI is InChI=1S/C28H32FN5O5S/c1-19(35)33-12-4-11-32(13-14-33)15-16-40(38,39)31(2)26-22-5-3-10-30-25(22)27(36)24-23(26)18-34(28(24)37)17-20-6-8-21(29)9-7-20/h3,5-10,18,36-37H,4,11-17H2,1-2H3. The number of benzene rings is 2. The predicted octanol–water partition coefficient (Wildman–Crippen LogP) is 3.11. The summed E-state index contributed by atoms with van der Waals surface area (Å²) in [6.45, 7) is 4.51. The summed E-state index contributed by atoms with van der Waals surface area (Å²) in [6, 6.07) is 9.16. The zero-order valence-corrected chi connectivity index (χ0v) is 23.2. The smallest absolute Gasteiger partial charge is 0.236 e. The Morgan fingerprint density at radius 2 is 1.82 bits per heavy atom. The number of nitrogens with zero attached hydrogens (tertiary/aromatic N) is 5. The van der Waals surface area contributed by atoms with Crippen LogP contribution in [-0.2, 0) is 21.4 Å². The number of amides is 1. The van der Waals surface area contributed by atoms with Crippen LogP contribution in [0, 0.1) is 5.82 Å². The van der Waals surface area contributed by atoms with Crippen molar-refractivity contribution in [3.8, 4) is 11.6 Å². The molecule has 3 heterocycles. The summed E-state index contributed by atoms with van der Waals surface area (Å²) in [6.07, 6.45) is 3.85. The maximum Gasteiger partial charge on any atom is 0.236 e. The lowest BCUT2D eigenvalue weighted by Gasteiger charge is -2.25.